The van der Waals surface area contributed by atoms with Crippen molar-refractivity contribution in [1.29, 1.82) is 0 Å². The zero-order chi connectivity index (χ0) is 13.1. The number of aryl methyl sites for hydroxylation is 2. The summed E-state index contributed by atoms with van der Waals surface area (Å²) in [5.74, 6) is 0. The monoisotopic (exact) mass is 323 g/mol. The molecule has 0 radical (unpaired) electrons. The van der Waals surface area contributed by atoms with E-state index in [1.165, 1.54) is 16.7 Å². The fraction of sp³-hybridized carbons (Fsp3) is 0.200. The van der Waals surface area contributed by atoms with E-state index in [0.29, 0.717) is 0 Å². The summed E-state index contributed by atoms with van der Waals surface area (Å²) in [6, 6.07) is 12.4. The van der Waals surface area contributed by atoms with Gasteiger partial charge in [-0.25, -0.2) is 0 Å². The first-order valence-electron chi connectivity index (χ1n) is 5.81. The maximum Gasteiger partial charge on any atom is 0.0549 e. The lowest BCUT2D eigenvalue weighted by Gasteiger charge is -2.09. The van der Waals surface area contributed by atoms with Crippen LogP contribution in [0.5, 0.6) is 0 Å². The highest BCUT2D eigenvalue weighted by Crippen LogP contribution is 2.25. The van der Waals surface area contributed by atoms with Crippen molar-refractivity contribution in [2.45, 2.75) is 20.4 Å². The second-order valence-corrected chi connectivity index (χ2v) is 5.74. The molecule has 1 N–H and O–H groups in total. The van der Waals surface area contributed by atoms with Crippen molar-refractivity contribution in [3.63, 3.8) is 0 Å². The highest BCUT2D eigenvalue weighted by Gasteiger charge is 2.00. The lowest BCUT2D eigenvalue weighted by molar-refractivity contribution is 1.13. The number of hydrogen-bond acceptors (Lipinski definition) is 1. The Morgan fingerprint density at radius 1 is 1.06 bits per heavy atom. The van der Waals surface area contributed by atoms with Crippen LogP contribution in [0.3, 0.4) is 0 Å². The SMILES string of the molecule is Cc1cc(C)cc(CNc2ccc(Cl)c(Br)c2)c1. The molecule has 94 valence electrons. The predicted octanol–water partition coefficient (Wildman–Crippen LogP) is 5.33. The van der Waals surface area contributed by atoms with Gasteiger partial charge in [0.2, 0.25) is 0 Å². The second kappa shape index (κ2) is 5.77. The molecule has 18 heavy (non-hydrogen) atoms. The Balaban J connectivity index is 2.08. The van der Waals surface area contributed by atoms with E-state index in [1.807, 2.05) is 18.2 Å². The molecule has 0 saturated carbocycles. The van der Waals surface area contributed by atoms with Crippen LogP contribution >= 0.6 is 27.5 Å². The molecule has 0 fully saturated rings. The van der Waals surface area contributed by atoms with Gasteiger partial charge in [-0.3, -0.25) is 0 Å². The molecule has 0 atom stereocenters. The molecule has 0 aliphatic carbocycles. The van der Waals surface area contributed by atoms with Crippen molar-refractivity contribution in [2.75, 3.05) is 5.32 Å². The van der Waals surface area contributed by atoms with Gasteiger partial charge in [0.15, 0.2) is 0 Å². The summed E-state index contributed by atoms with van der Waals surface area (Å²) in [7, 11) is 0. The van der Waals surface area contributed by atoms with Crippen molar-refractivity contribution in [3.05, 3.63) is 62.6 Å². The fourth-order valence-corrected chi connectivity index (χ4v) is 2.48. The Morgan fingerprint density at radius 3 is 2.33 bits per heavy atom. The maximum atomic E-state index is 5.96. The van der Waals surface area contributed by atoms with Gasteiger partial charge in [-0.1, -0.05) is 40.9 Å². The highest BCUT2D eigenvalue weighted by molar-refractivity contribution is 9.10. The molecular weight excluding hydrogens is 310 g/mol. The van der Waals surface area contributed by atoms with Crippen LogP contribution in [0.25, 0.3) is 0 Å². The smallest absolute Gasteiger partial charge is 0.0549 e. The minimum absolute atomic E-state index is 0.729. The molecule has 0 aromatic heterocycles. The van der Waals surface area contributed by atoms with E-state index in [9.17, 15) is 0 Å². The van der Waals surface area contributed by atoms with Crippen molar-refractivity contribution < 1.29 is 0 Å². The molecule has 0 heterocycles. The van der Waals surface area contributed by atoms with E-state index in [0.717, 1.165) is 21.7 Å². The van der Waals surface area contributed by atoms with Gasteiger partial charge in [0.1, 0.15) is 0 Å². The van der Waals surface area contributed by atoms with Crippen molar-refractivity contribution in [1.82, 2.24) is 0 Å². The van der Waals surface area contributed by atoms with Gasteiger partial charge in [0, 0.05) is 16.7 Å². The molecule has 2 aromatic rings. The lowest BCUT2D eigenvalue weighted by atomic mass is 10.1. The van der Waals surface area contributed by atoms with Crippen molar-refractivity contribution in [3.8, 4) is 0 Å². The minimum atomic E-state index is 0.729. The molecule has 0 saturated heterocycles. The molecule has 0 unspecified atom stereocenters. The molecule has 3 heteroatoms. The number of anilines is 1. The topological polar surface area (TPSA) is 12.0 Å². The van der Waals surface area contributed by atoms with Gasteiger partial charge < -0.3 is 5.32 Å². The Hall–Kier alpha value is -0.990. The van der Waals surface area contributed by atoms with Gasteiger partial charge in [-0.2, -0.15) is 0 Å². The zero-order valence-corrected chi connectivity index (χ0v) is 12.8. The Bertz CT molecular complexity index is 546. The predicted molar refractivity (Wildman–Crippen MR) is 82.4 cm³/mol. The maximum absolute atomic E-state index is 5.96. The molecule has 0 bridgehead atoms. The van der Waals surface area contributed by atoms with E-state index < -0.39 is 0 Å². The van der Waals surface area contributed by atoms with E-state index in [2.05, 4.69) is 53.3 Å². The fourth-order valence-electron chi connectivity index (χ4n) is 1.98. The van der Waals surface area contributed by atoms with Gasteiger partial charge in [-0.15, -0.1) is 0 Å². The van der Waals surface area contributed by atoms with Crippen LogP contribution in [-0.4, -0.2) is 0 Å². The molecule has 0 aliphatic rings. The molecule has 0 spiro atoms. The van der Waals surface area contributed by atoms with Crippen molar-refractivity contribution >= 4 is 33.2 Å². The summed E-state index contributed by atoms with van der Waals surface area (Å²) in [6.07, 6.45) is 0. The van der Waals surface area contributed by atoms with Gasteiger partial charge >= 0.3 is 0 Å². The number of hydrogen-bond donors (Lipinski definition) is 1. The number of nitrogens with one attached hydrogen (secondary N) is 1. The van der Waals surface area contributed by atoms with Gasteiger partial charge in [0.25, 0.3) is 0 Å². The molecule has 2 rings (SSSR count). The summed E-state index contributed by atoms with van der Waals surface area (Å²) in [5, 5.41) is 4.12. The van der Waals surface area contributed by atoms with Crippen LogP contribution in [0.15, 0.2) is 40.9 Å². The van der Waals surface area contributed by atoms with E-state index in [-0.39, 0.29) is 0 Å². The molecule has 1 nitrogen and oxygen atoms in total. The average Bonchev–Trinajstić information content (AvgIpc) is 2.29. The third-order valence-electron chi connectivity index (χ3n) is 2.70. The van der Waals surface area contributed by atoms with Crippen LogP contribution in [-0.2, 0) is 6.54 Å². The molecule has 0 amide bonds. The Labute approximate surface area is 121 Å². The Morgan fingerprint density at radius 2 is 1.72 bits per heavy atom. The second-order valence-electron chi connectivity index (χ2n) is 4.48. The van der Waals surface area contributed by atoms with E-state index >= 15 is 0 Å². The van der Waals surface area contributed by atoms with Crippen molar-refractivity contribution in [2.24, 2.45) is 0 Å². The third-order valence-corrected chi connectivity index (χ3v) is 3.91. The minimum Gasteiger partial charge on any atom is -0.381 e. The first kappa shape index (κ1) is 13.4. The molecule has 0 aliphatic heterocycles. The Kier molecular flexibility index (Phi) is 4.31. The van der Waals surface area contributed by atoms with E-state index in [4.69, 9.17) is 11.6 Å². The number of halogens is 2. The summed E-state index contributed by atoms with van der Waals surface area (Å²) >= 11 is 9.39. The molecular formula is C15H15BrClN. The summed E-state index contributed by atoms with van der Waals surface area (Å²) in [6.45, 7) is 5.06. The van der Waals surface area contributed by atoms with Crippen LogP contribution in [0.2, 0.25) is 5.02 Å². The number of benzene rings is 2. The quantitative estimate of drug-likeness (QED) is 0.804. The van der Waals surface area contributed by atoms with Gasteiger partial charge in [0.05, 0.1) is 5.02 Å². The van der Waals surface area contributed by atoms with Crippen LogP contribution in [0.4, 0.5) is 5.69 Å². The lowest BCUT2D eigenvalue weighted by Crippen LogP contribution is -2.00. The summed E-state index contributed by atoms with van der Waals surface area (Å²) in [4.78, 5) is 0. The highest BCUT2D eigenvalue weighted by atomic mass is 79.9. The third kappa shape index (κ3) is 3.50. The normalized spacial score (nSPS) is 10.4. The first-order chi connectivity index (χ1) is 8.54. The standard InChI is InChI=1S/C15H15BrClN/c1-10-5-11(2)7-12(6-10)9-18-13-3-4-15(17)14(16)8-13/h3-8,18H,9H2,1-2H3. The van der Waals surface area contributed by atoms with Gasteiger partial charge in [-0.05, 0) is 53.5 Å². The van der Waals surface area contributed by atoms with Crippen LogP contribution in [0.1, 0.15) is 16.7 Å². The molecule has 2 aromatic carbocycles. The van der Waals surface area contributed by atoms with Crippen LogP contribution < -0.4 is 5.32 Å². The van der Waals surface area contributed by atoms with Crippen LogP contribution in [0, 0.1) is 13.8 Å². The summed E-state index contributed by atoms with van der Waals surface area (Å²) < 4.78 is 0.912. The first-order valence-corrected chi connectivity index (χ1v) is 6.98. The largest absolute Gasteiger partial charge is 0.381 e. The zero-order valence-electron chi connectivity index (χ0n) is 10.4. The van der Waals surface area contributed by atoms with E-state index in [1.54, 1.807) is 0 Å². The summed E-state index contributed by atoms with van der Waals surface area (Å²) in [5.41, 5.74) is 4.94. The average molecular weight is 325 g/mol. The number of rotatable bonds is 3.